The molecule has 1 N–H and O–H groups in total. The minimum atomic E-state index is -0.531. The van der Waals surface area contributed by atoms with E-state index in [9.17, 15) is 9.59 Å². The topological polar surface area (TPSA) is 64.1 Å². The minimum absolute atomic E-state index is 0.456. The fraction of sp³-hybridized carbons (Fsp3) is 0.111. The molecular formula is C9H7IN2O3. The highest BCUT2D eigenvalue weighted by Crippen LogP contribution is 2.13. The zero-order valence-electron chi connectivity index (χ0n) is 7.78. The largest absolute Gasteiger partial charge is 0.360 e. The maximum atomic E-state index is 11.4. The molecule has 0 atom stereocenters. The molecule has 78 valence electrons. The number of benzene rings is 1. The molecule has 0 fully saturated rings. The molecular weight excluding hydrogens is 311 g/mol. The highest BCUT2D eigenvalue weighted by Gasteiger charge is 2.09. The first-order valence-electron chi connectivity index (χ1n) is 4.17. The number of carbonyl (C=O) groups excluding carboxylic acids is 1. The smallest absolute Gasteiger partial charge is 0.332 e. The first kappa shape index (κ1) is 10.2. The van der Waals surface area contributed by atoms with Crippen molar-refractivity contribution in [3.8, 4) is 0 Å². The van der Waals surface area contributed by atoms with Gasteiger partial charge in [0.2, 0.25) is 0 Å². The van der Waals surface area contributed by atoms with E-state index in [-0.39, 0.29) is 0 Å². The van der Waals surface area contributed by atoms with Crippen LogP contribution in [0, 0.1) is 3.57 Å². The van der Waals surface area contributed by atoms with Gasteiger partial charge in [-0.2, -0.15) is 0 Å². The Hall–Kier alpha value is -1.31. The predicted octanol–water partition coefficient (Wildman–Crippen LogP) is 0.909. The number of aromatic nitrogens is 2. The van der Waals surface area contributed by atoms with Gasteiger partial charge in [-0.1, -0.05) is 0 Å². The van der Waals surface area contributed by atoms with Crippen molar-refractivity contribution >= 4 is 39.6 Å². The molecule has 0 saturated heterocycles. The van der Waals surface area contributed by atoms with Gasteiger partial charge < -0.3 is 9.82 Å². The van der Waals surface area contributed by atoms with Crippen LogP contribution in [0.15, 0.2) is 23.0 Å². The molecule has 0 amide bonds. The van der Waals surface area contributed by atoms with E-state index in [1.54, 1.807) is 12.1 Å². The maximum absolute atomic E-state index is 11.4. The molecule has 1 aromatic heterocycles. The number of imidazole rings is 1. The average molecular weight is 318 g/mol. The minimum Gasteiger partial charge on any atom is -0.332 e. The summed E-state index contributed by atoms with van der Waals surface area (Å²) in [6.07, 6.45) is 0. The molecule has 0 aliphatic heterocycles. The number of hydrogen-bond acceptors (Lipinski definition) is 3. The van der Waals surface area contributed by atoms with Crippen LogP contribution in [0.2, 0.25) is 0 Å². The van der Waals surface area contributed by atoms with Gasteiger partial charge in [0.1, 0.15) is 5.52 Å². The second-order valence-corrected chi connectivity index (χ2v) is 4.21. The number of aromatic amines is 1. The van der Waals surface area contributed by atoms with Gasteiger partial charge in [-0.25, -0.2) is 9.59 Å². The van der Waals surface area contributed by atoms with E-state index < -0.39 is 11.7 Å². The van der Waals surface area contributed by atoms with Crippen LogP contribution in [0.25, 0.3) is 11.0 Å². The molecule has 5 nitrogen and oxygen atoms in total. The van der Waals surface area contributed by atoms with E-state index in [4.69, 9.17) is 4.84 Å². The zero-order chi connectivity index (χ0) is 11.0. The lowest BCUT2D eigenvalue weighted by Crippen LogP contribution is -2.27. The fourth-order valence-corrected chi connectivity index (χ4v) is 1.75. The summed E-state index contributed by atoms with van der Waals surface area (Å²) in [5.74, 6) is -0.531. The molecule has 6 heteroatoms. The molecule has 1 heterocycles. The summed E-state index contributed by atoms with van der Waals surface area (Å²) in [4.78, 5) is 29.6. The summed E-state index contributed by atoms with van der Waals surface area (Å²) in [6.45, 7) is 1.25. The average Bonchev–Trinajstić information content (AvgIpc) is 2.43. The third kappa shape index (κ3) is 1.89. The van der Waals surface area contributed by atoms with Gasteiger partial charge >= 0.3 is 11.7 Å². The van der Waals surface area contributed by atoms with Gasteiger partial charge in [-0.3, -0.25) is 0 Å². The van der Waals surface area contributed by atoms with Crippen LogP contribution >= 0.6 is 22.6 Å². The van der Waals surface area contributed by atoms with E-state index in [1.165, 1.54) is 6.92 Å². The summed E-state index contributed by atoms with van der Waals surface area (Å²) in [5.41, 5.74) is 0.742. The van der Waals surface area contributed by atoms with Gasteiger partial charge in [0.05, 0.1) is 5.52 Å². The maximum Gasteiger partial charge on any atom is 0.360 e. The van der Waals surface area contributed by atoms with Crippen LogP contribution in [-0.4, -0.2) is 15.7 Å². The van der Waals surface area contributed by atoms with Gasteiger partial charge in [0.25, 0.3) is 0 Å². The van der Waals surface area contributed by atoms with Crippen molar-refractivity contribution in [2.24, 2.45) is 0 Å². The van der Waals surface area contributed by atoms with Crippen molar-refractivity contribution in [1.82, 2.24) is 9.71 Å². The first-order chi connectivity index (χ1) is 7.08. The predicted molar refractivity (Wildman–Crippen MR) is 62.5 cm³/mol. The van der Waals surface area contributed by atoms with Crippen LogP contribution in [-0.2, 0) is 4.79 Å². The highest BCUT2D eigenvalue weighted by molar-refractivity contribution is 14.1. The fourth-order valence-electron chi connectivity index (χ4n) is 1.27. The molecule has 2 aromatic rings. The van der Waals surface area contributed by atoms with E-state index in [1.807, 2.05) is 6.07 Å². The number of carbonyl (C=O) groups is 1. The summed E-state index contributed by atoms with van der Waals surface area (Å²) in [6, 6.07) is 5.38. The Labute approximate surface area is 98.1 Å². The lowest BCUT2D eigenvalue weighted by molar-refractivity contribution is -0.141. The molecule has 0 spiro atoms. The van der Waals surface area contributed by atoms with Crippen LogP contribution < -0.4 is 10.5 Å². The highest BCUT2D eigenvalue weighted by atomic mass is 127. The molecule has 0 unspecified atom stereocenters. The van der Waals surface area contributed by atoms with Crippen molar-refractivity contribution in [3.63, 3.8) is 0 Å². The second kappa shape index (κ2) is 3.69. The molecule has 0 aliphatic rings. The summed E-state index contributed by atoms with van der Waals surface area (Å²) >= 11 is 2.12. The van der Waals surface area contributed by atoms with E-state index in [2.05, 4.69) is 27.6 Å². The summed E-state index contributed by atoms with van der Waals surface area (Å²) in [7, 11) is 0. The molecule has 0 saturated carbocycles. The molecule has 0 radical (unpaired) electrons. The van der Waals surface area contributed by atoms with Gasteiger partial charge in [0, 0.05) is 10.5 Å². The molecule has 15 heavy (non-hydrogen) atoms. The quantitative estimate of drug-likeness (QED) is 0.795. The normalized spacial score (nSPS) is 10.5. The number of hydrogen-bond donors (Lipinski definition) is 1. The summed E-state index contributed by atoms with van der Waals surface area (Å²) < 4.78 is 1.92. The molecule has 0 bridgehead atoms. The van der Waals surface area contributed by atoms with Gasteiger partial charge in [0.15, 0.2) is 0 Å². The SMILES string of the molecule is CC(=O)On1c(=O)[nH]c2ccc(I)cc21. The van der Waals surface area contributed by atoms with Crippen LogP contribution in [0.4, 0.5) is 0 Å². The zero-order valence-corrected chi connectivity index (χ0v) is 9.94. The van der Waals surface area contributed by atoms with Crippen molar-refractivity contribution in [2.45, 2.75) is 6.92 Å². The molecule has 2 rings (SSSR count). The standard InChI is InChI=1S/C9H7IN2O3/c1-5(13)15-12-8-4-6(10)2-3-7(8)11-9(12)14/h2-4H,1H3,(H,11,14). The third-order valence-corrected chi connectivity index (χ3v) is 2.50. The van der Waals surface area contributed by atoms with Crippen molar-refractivity contribution in [1.29, 1.82) is 0 Å². The number of nitrogens with zero attached hydrogens (tertiary/aromatic N) is 1. The van der Waals surface area contributed by atoms with Crippen LogP contribution in [0.3, 0.4) is 0 Å². The second-order valence-electron chi connectivity index (χ2n) is 2.97. The first-order valence-corrected chi connectivity index (χ1v) is 5.25. The number of fused-ring (bicyclic) bond motifs is 1. The Morgan fingerprint density at radius 2 is 2.27 bits per heavy atom. The lowest BCUT2D eigenvalue weighted by Gasteiger charge is -2.00. The Bertz CT molecular complexity index is 585. The van der Waals surface area contributed by atoms with Crippen molar-refractivity contribution < 1.29 is 9.63 Å². The number of H-pyrrole nitrogens is 1. The molecule has 1 aromatic carbocycles. The van der Waals surface area contributed by atoms with E-state index in [0.717, 1.165) is 8.30 Å². The third-order valence-electron chi connectivity index (χ3n) is 1.82. The van der Waals surface area contributed by atoms with Crippen molar-refractivity contribution in [2.75, 3.05) is 0 Å². The van der Waals surface area contributed by atoms with Crippen LogP contribution in [0.1, 0.15) is 6.92 Å². The van der Waals surface area contributed by atoms with Crippen LogP contribution in [0.5, 0.6) is 0 Å². The Balaban J connectivity index is 2.70. The van der Waals surface area contributed by atoms with Gasteiger partial charge in [-0.05, 0) is 40.8 Å². The summed E-state index contributed by atoms with van der Waals surface area (Å²) in [5, 5.41) is 0. The van der Waals surface area contributed by atoms with E-state index in [0.29, 0.717) is 11.0 Å². The van der Waals surface area contributed by atoms with E-state index >= 15 is 0 Å². The molecule has 0 aliphatic carbocycles. The lowest BCUT2D eigenvalue weighted by atomic mass is 10.3. The number of halogens is 1. The Morgan fingerprint density at radius 1 is 1.53 bits per heavy atom. The Kier molecular flexibility index (Phi) is 2.51. The Morgan fingerprint density at radius 3 is 2.93 bits per heavy atom. The van der Waals surface area contributed by atoms with Crippen molar-refractivity contribution in [3.05, 3.63) is 32.3 Å². The monoisotopic (exact) mass is 318 g/mol. The van der Waals surface area contributed by atoms with Gasteiger partial charge in [-0.15, -0.1) is 4.73 Å². The number of nitrogens with one attached hydrogen (secondary N) is 1. The number of rotatable bonds is 1.